The van der Waals surface area contributed by atoms with E-state index in [0.717, 1.165) is 11.8 Å². The van der Waals surface area contributed by atoms with E-state index in [9.17, 15) is 0 Å². The quantitative estimate of drug-likeness (QED) is 0.562. The lowest BCUT2D eigenvalue weighted by atomic mass is 9.84. The number of likely N-dealkylation sites (tertiary alicyclic amines) is 1. The largest absolute Gasteiger partial charge is 0.300 e. The van der Waals surface area contributed by atoms with E-state index in [1.807, 2.05) is 0 Å². The highest BCUT2D eigenvalue weighted by Gasteiger charge is 2.39. The summed E-state index contributed by atoms with van der Waals surface area (Å²) in [4.78, 5) is 2.52. The van der Waals surface area contributed by atoms with Crippen molar-refractivity contribution in [2.45, 2.75) is 39.7 Å². The van der Waals surface area contributed by atoms with Gasteiger partial charge in [0.25, 0.3) is 0 Å². The molecule has 0 bridgehead atoms. The Morgan fingerprint density at radius 3 is 2.18 bits per heavy atom. The van der Waals surface area contributed by atoms with Gasteiger partial charge in [-0.05, 0) is 32.2 Å². The van der Waals surface area contributed by atoms with Crippen LogP contribution in [0.1, 0.15) is 34.1 Å². The molecule has 1 heterocycles. The topological polar surface area (TPSA) is 3.24 Å². The molecule has 0 saturated carbocycles. The van der Waals surface area contributed by atoms with Crippen molar-refractivity contribution in [3.63, 3.8) is 0 Å². The molecule has 1 saturated heterocycles. The number of rotatable bonds is 1. The van der Waals surface area contributed by atoms with E-state index in [-0.39, 0.29) is 0 Å². The van der Waals surface area contributed by atoms with Crippen LogP contribution >= 0.6 is 0 Å². The van der Waals surface area contributed by atoms with Crippen LogP contribution in [0, 0.1) is 11.8 Å². The van der Waals surface area contributed by atoms with Crippen LogP contribution < -0.4 is 0 Å². The van der Waals surface area contributed by atoms with E-state index in [1.54, 1.807) is 0 Å². The van der Waals surface area contributed by atoms with E-state index < -0.39 is 0 Å². The predicted molar refractivity (Wildman–Crippen MR) is 49.7 cm³/mol. The van der Waals surface area contributed by atoms with Crippen molar-refractivity contribution in [1.29, 1.82) is 0 Å². The molecule has 1 aliphatic rings. The number of hydrogen-bond acceptors (Lipinski definition) is 1. The van der Waals surface area contributed by atoms with Crippen molar-refractivity contribution in [1.82, 2.24) is 4.90 Å². The van der Waals surface area contributed by atoms with Gasteiger partial charge in [0.15, 0.2) is 0 Å². The molecule has 1 aliphatic heterocycles. The summed E-state index contributed by atoms with van der Waals surface area (Å²) >= 11 is 0. The molecule has 0 radical (unpaired) electrons. The summed E-state index contributed by atoms with van der Waals surface area (Å²) in [5.41, 5.74) is 0.458. The highest BCUT2D eigenvalue weighted by atomic mass is 15.2. The second kappa shape index (κ2) is 2.78. The third kappa shape index (κ3) is 1.44. The van der Waals surface area contributed by atoms with E-state index >= 15 is 0 Å². The highest BCUT2D eigenvalue weighted by molar-refractivity contribution is 4.95. The SMILES string of the molecule is CC1CN(C)C(C)(C(C)C)C1. The van der Waals surface area contributed by atoms with Gasteiger partial charge in [-0.3, -0.25) is 0 Å². The lowest BCUT2D eigenvalue weighted by Crippen LogP contribution is -2.42. The zero-order valence-electron chi connectivity index (χ0n) is 8.52. The molecule has 2 unspecified atom stereocenters. The minimum atomic E-state index is 0.458. The first-order chi connectivity index (χ1) is 4.97. The summed E-state index contributed by atoms with van der Waals surface area (Å²) in [5.74, 6) is 1.66. The first-order valence-electron chi connectivity index (χ1n) is 4.68. The molecule has 1 rings (SSSR count). The molecule has 1 fully saturated rings. The molecule has 11 heavy (non-hydrogen) atoms. The van der Waals surface area contributed by atoms with Crippen LogP contribution in [0.15, 0.2) is 0 Å². The Kier molecular flexibility index (Phi) is 2.29. The molecule has 0 amide bonds. The molecule has 2 atom stereocenters. The van der Waals surface area contributed by atoms with E-state index in [4.69, 9.17) is 0 Å². The summed E-state index contributed by atoms with van der Waals surface area (Å²) in [5, 5.41) is 0. The van der Waals surface area contributed by atoms with Gasteiger partial charge in [-0.2, -0.15) is 0 Å². The van der Waals surface area contributed by atoms with E-state index in [0.29, 0.717) is 5.54 Å². The van der Waals surface area contributed by atoms with Crippen molar-refractivity contribution >= 4 is 0 Å². The van der Waals surface area contributed by atoms with Gasteiger partial charge in [0, 0.05) is 12.1 Å². The van der Waals surface area contributed by atoms with Crippen LogP contribution in [0.2, 0.25) is 0 Å². The fourth-order valence-electron chi connectivity index (χ4n) is 2.28. The lowest BCUT2D eigenvalue weighted by molar-refractivity contribution is 0.136. The van der Waals surface area contributed by atoms with Crippen LogP contribution in [0.5, 0.6) is 0 Å². The zero-order valence-corrected chi connectivity index (χ0v) is 8.52. The maximum atomic E-state index is 2.52. The average molecular weight is 155 g/mol. The van der Waals surface area contributed by atoms with Gasteiger partial charge in [-0.1, -0.05) is 20.8 Å². The van der Waals surface area contributed by atoms with Crippen molar-refractivity contribution in [2.75, 3.05) is 13.6 Å². The molecular weight excluding hydrogens is 134 g/mol. The zero-order chi connectivity index (χ0) is 8.65. The van der Waals surface area contributed by atoms with Crippen LogP contribution in [-0.4, -0.2) is 24.0 Å². The predicted octanol–water partition coefficient (Wildman–Crippen LogP) is 2.37. The highest BCUT2D eigenvalue weighted by Crippen LogP contribution is 2.36. The number of nitrogens with zero attached hydrogens (tertiary/aromatic N) is 1. The van der Waals surface area contributed by atoms with Crippen LogP contribution in [-0.2, 0) is 0 Å². The molecule has 66 valence electrons. The van der Waals surface area contributed by atoms with Crippen molar-refractivity contribution in [3.8, 4) is 0 Å². The van der Waals surface area contributed by atoms with Gasteiger partial charge in [0.2, 0.25) is 0 Å². The minimum absolute atomic E-state index is 0.458. The lowest BCUT2D eigenvalue weighted by Gasteiger charge is -2.36. The maximum Gasteiger partial charge on any atom is 0.0204 e. The standard InChI is InChI=1S/C10H21N/c1-8(2)10(4)6-9(3)7-11(10)5/h8-9H,6-7H2,1-5H3. The Hall–Kier alpha value is -0.0400. The molecule has 1 heteroatoms. The van der Waals surface area contributed by atoms with Crippen molar-refractivity contribution < 1.29 is 0 Å². The average Bonchev–Trinajstić information content (AvgIpc) is 2.08. The van der Waals surface area contributed by atoms with Gasteiger partial charge >= 0.3 is 0 Å². The van der Waals surface area contributed by atoms with E-state index in [1.165, 1.54) is 13.0 Å². The molecule has 0 aromatic heterocycles. The molecule has 0 aromatic carbocycles. The molecular formula is C10H21N. The smallest absolute Gasteiger partial charge is 0.0204 e. The molecule has 1 nitrogen and oxygen atoms in total. The number of hydrogen-bond donors (Lipinski definition) is 0. The molecule has 0 aliphatic carbocycles. The van der Waals surface area contributed by atoms with Crippen molar-refractivity contribution in [3.05, 3.63) is 0 Å². The Morgan fingerprint density at radius 1 is 1.45 bits per heavy atom. The van der Waals surface area contributed by atoms with Crippen LogP contribution in [0.3, 0.4) is 0 Å². The monoisotopic (exact) mass is 155 g/mol. The first-order valence-corrected chi connectivity index (χ1v) is 4.68. The summed E-state index contributed by atoms with van der Waals surface area (Å²) in [6, 6.07) is 0. The minimum Gasteiger partial charge on any atom is -0.300 e. The molecule has 0 aromatic rings. The summed E-state index contributed by atoms with van der Waals surface area (Å²) in [7, 11) is 2.25. The van der Waals surface area contributed by atoms with Gasteiger partial charge < -0.3 is 4.90 Å². The summed E-state index contributed by atoms with van der Waals surface area (Å²) < 4.78 is 0. The Morgan fingerprint density at radius 2 is 2.00 bits per heavy atom. The summed E-state index contributed by atoms with van der Waals surface area (Å²) in [6.45, 7) is 10.7. The van der Waals surface area contributed by atoms with Gasteiger partial charge in [-0.15, -0.1) is 0 Å². The maximum absolute atomic E-state index is 2.52. The first kappa shape index (κ1) is 9.05. The summed E-state index contributed by atoms with van der Waals surface area (Å²) in [6.07, 6.45) is 1.36. The fraction of sp³-hybridized carbons (Fsp3) is 1.00. The Labute approximate surface area is 70.8 Å². The van der Waals surface area contributed by atoms with Crippen LogP contribution in [0.4, 0.5) is 0 Å². The molecule has 0 N–H and O–H groups in total. The third-order valence-corrected chi connectivity index (χ3v) is 3.46. The second-order valence-corrected chi connectivity index (χ2v) is 4.70. The van der Waals surface area contributed by atoms with Gasteiger partial charge in [-0.25, -0.2) is 0 Å². The van der Waals surface area contributed by atoms with Crippen LogP contribution in [0.25, 0.3) is 0 Å². The van der Waals surface area contributed by atoms with Gasteiger partial charge in [0.1, 0.15) is 0 Å². The second-order valence-electron chi connectivity index (χ2n) is 4.70. The van der Waals surface area contributed by atoms with Crippen molar-refractivity contribution in [2.24, 2.45) is 11.8 Å². The Balaban J connectivity index is 2.71. The van der Waals surface area contributed by atoms with E-state index in [2.05, 4.69) is 39.6 Å². The van der Waals surface area contributed by atoms with Gasteiger partial charge in [0.05, 0.1) is 0 Å². The third-order valence-electron chi connectivity index (χ3n) is 3.46. The normalized spacial score (nSPS) is 40.4. The Bertz CT molecular complexity index is 142. The fourth-order valence-corrected chi connectivity index (χ4v) is 2.28. The molecule has 0 spiro atoms.